The van der Waals surface area contributed by atoms with Gasteiger partial charge in [-0.2, -0.15) is 13.2 Å². The predicted octanol–water partition coefficient (Wildman–Crippen LogP) is 1.36. The van der Waals surface area contributed by atoms with Crippen LogP contribution in [0.2, 0.25) is 0 Å². The summed E-state index contributed by atoms with van der Waals surface area (Å²) in [5, 5.41) is 17.7. The van der Waals surface area contributed by atoms with E-state index in [1.54, 1.807) is 12.3 Å². The Morgan fingerprint density at radius 2 is 1.77 bits per heavy atom. The molecule has 2 N–H and O–H groups in total. The Morgan fingerprint density at radius 3 is 2.42 bits per heavy atom. The fraction of sp³-hybridized carbons (Fsp3) is 0.519. The second-order valence-electron chi connectivity index (χ2n) is 10.9. The largest absolute Gasteiger partial charge is 0.490 e. The molecule has 13 nitrogen and oxygen atoms in total. The maximum Gasteiger partial charge on any atom is 0.490 e. The number of hydrogen-bond donors (Lipinski definition) is 2. The highest BCUT2D eigenvalue weighted by atomic mass is 19.4. The summed E-state index contributed by atoms with van der Waals surface area (Å²) in [4.78, 5) is 64.9. The summed E-state index contributed by atoms with van der Waals surface area (Å²) in [5.41, 5.74) is 2.19. The maximum atomic E-state index is 13.2. The van der Waals surface area contributed by atoms with Crippen molar-refractivity contribution in [2.75, 3.05) is 19.6 Å². The number of halogens is 3. The van der Waals surface area contributed by atoms with E-state index in [1.807, 2.05) is 17.0 Å². The number of carbonyl (C=O) groups excluding carboxylic acids is 4. The molecule has 0 bridgehead atoms. The van der Waals surface area contributed by atoms with Crippen molar-refractivity contribution in [3.05, 3.63) is 41.2 Å². The van der Waals surface area contributed by atoms with Crippen LogP contribution in [0.4, 0.5) is 13.2 Å². The van der Waals surface area contributed by atoms with Gasteiger partial charge in [0.1, 0.15) is 6.04 Å². The first-order valence-electron chi connectivity index (χ1n) is 13.9. The van der Waals surface area contributed by atoms with Crippen molar-refractivity contribution in [3.63, 3.8) is 0 Å². The van der Waals surface area contributed by atoms with Crippen LogP contribution in [0, 0.1) is 0 Å². The summed E-state index contributed by atoms with van der Waals surface area (Å²) in [5.74, 6) is -3.88. The Morgan fingerprint density at radius 1 is 1.07 bits per heavy atom. The molecule has 16 heteroatoms. The van der Waals surface area contributed by atoms with Crippen molar-refractivity contribution in [3.8, 4) is 5.69 Å². The number of carbonyl (C=O) groups is 5. The van der Waals surface area contributed by atoms with Crippen LogP contribution in [0.25, 0.3) is 5.69 Å². The van der Waals surface area contributed by atoms with Crippen molar-refractivity contribution >= 4 is 29.6 Å². The molecule has 0 radical (unpaired) electrons. The van der Waals surface area contributed by atoms with Gasteiger partial charge in [0.2, 0.25) is 11.8 Å². The number of nitrogens with zero attached hydrogens (tertiary/aromatic N) is 6. The van der Waals surface area contributed by atoms with Crippen LogP contribution >= 0.6 is 0 Å². The van der Waals surface area contributed by atoms with Gasteiger partial charge in [0, 0.05) is 37.2 Å². The fourth-order valence-electron chi connectivity index (χ4n) is 6.09. The molecule has 230 valence electrons. The summed E-state index contributed by atoms with van der Waals surface area (Å²) in [6, 6.07) is 5.23. The summed E-state index contributed by atoms with van der Waals surface area (Å²) < 4.78 is 33.2. The van der Waals surface area contributed by atoms with Crippen LogP contribution in [0.3, 0.4) is 0 Å². The van der Waals surface area contributed by atoms with Crippen molar-refractivity contribution in [1.29, 1.82) is 0 Å². The molecule has 0 aliphatic carbocycles. The maximum absolute atomic E-state index is 13.2. The zero-order chi connectivity index (χ0) is 31.1. The molecular formula is C27H30F3N7O6. The molecule has 5 heterocycles. The molecule has 4 aliphatic rings. The normalized spacial score (nSPS) is 24.1. The van der Waals surface area contributed by atoms with Gasteiger partial charge in [0.05, 0.1) is 11.9 Å². The monoisotopic (exact) mass is 605 g/mol. The zero-order valence-corrected chi connectivity index (χ0v) is 23.2. The second-order valence-corrected chi connectivity index (χ2v) is 10.9. The number of nitrogens with one attached hydrogen (secondary N) is 1. The first-order chi connectivity index (χ1) is 20.3. The van der Waals surface area contributed by atoms with Crippen molar-refractivity contribution in [1.82, 2.24) is 35.0 Å². The van der Waals surface area contributed by atoms with E-state index in [9.17, 15) is 32.3 Å². The van der Waals surface area contributed by atoms with E-state index in [0.29, 0.717) is 36.8 Å². The molecular weight excluding hydrogens is 575 g/mol. The average molecular weight is 606 g/mol. The van der Waals surface area contributed by atoms with E-state index in [2.05, 4.69) is 27.5 Å². The Bertz CT molecular complexity index is 1450. The Kier molecular flexibility index (Phi) is 8.23. The first-order valence-corrected chi connectivity index (χ1v) is 13.9. The number of amides is 4. The third-order valence-electron chi connectivity index (χ3n) is 8.32. The van der Waals surface area contributed by atoms with E-state index in [4.69, 9.17) is 9.90 Å². The molecule has 4 amide bonds. The lowest BCUT2D eigenvalue weighted by atomic mass is 10.0. The number of likely N-dealkylation sites (tertiary alicyclic amines) is 2. The first kappa shape index (κ1) is 30.1. The number of aliphatic carboxylic acids is 1. The van der Waals surface area contributed by atoms with Crippen LogP contribution in [0.5, 0.6) is 0 Å². The van der Waals surface area contributed by atoms with Gasteiger partial charge in [-0.1, -0.05) is 11.3 Å². The molecule has 2 aromatic rings. The molecule has 3 saturated heterocycles. The molecule has 3 atom stereocenters. The molecule has 0 saturated carbocycles. The van der Waals surface area contributed by atoms with Gasteiger partial charge in [0.15, 0.2) is 5.69 Å². The third kappa shape index (κ3) is 6.09. The number of fused-ring (bicyclic) bond motifs is 1. The van der Waals surface area contributed by atoms with Gasteiger partial charge in [-0.25, -0.2) is 9.48 Å². The summed E-state index contributed by atoms with van der Waals surface area (Å²) in [7, 11) is 0. The van der Waals surface area contributed by atoms with E-state index < -0.39 is 24.1 Å². The summed E-state index contributed by atoms with van der Waals surface area (Å²) in [6.07, 6.45) is 0.473. The molecule has 6 rings (SSSR count). The zero-order valence-electron chi connectivity index (χ0n) is 23.2. The number of imide groups is 1. The van der Waals surface area contributed by atoms with Gasteiger partial charge >= 0.3 is 12.1 Å². The minimum atomic E-state index is -5.08. The number of benzene rings is 1. The van der Waals surface area contributed by atoms with Crippen LogP contribution in [-0.4, -0.2) is 108 Å². The lowest BCUT2D eigenvalue weighted by molar-refractivity contribution is -0.192. The number of carboxylic acids is 1. The van der Waals surface area contributed by atoms with Gasteiger partial charge in [0.25, 0.3) is 11.8 Å². The van der Waals surface area contributed by atoms with Gasteiger partial charge < -0.3 is 14.9 Å². The number of rotatable bonds is 4. The minimum Gasteiger partial charge on any atom is -0.475 e. The second kappa shape index (κ2) is 11.7. The van der Waals surface area contributed by atoms with Crippen molar-refractivity contribution in [2.24, 2.45) is 0 Å². The Labute approximate surface area is 243 Å². The predicted molar refractivity (Wildman–Crippen MR) is 141 cm³/mol. The van der Waals surface area contributed by atoms with E-state index >= 15 is 0 Å². The van der Waals surface area contributed by atoms with Crippen molar-refractivity contribution < 1.29 is 42.3 Å². The fourth-order valence-corrected chi connectivity index (χ4v) is 6.09. The number of aromatic nitrogens is 3. The molecule has 4 aliphatic heterocycles. The number of piperidine rings is 1. The average Bonchev–Trinajstić information content (AvgIpc) is 3.76. The topological polar surface area (TPSA) is 158 Å². The van der Waals surface area contributed by atoms with Crippen LogP contribution in [0.15, 0.2) is 24.4 Å². The molecule has 3 fully saturated rings. The van der Waals surface area contributed by atoms with Crippen molar-refractivity contribution in [2.45, 2.75) is 69.9 Å². The van der Waals surface area contributed by atoms with Gasteiger partial charge in [-0.05, 0) is 63.4 Å². The Balaban J connectivity index is 0.000000472. The smallest absolute Gasteiger partial charge is 0.475 e. The highest BCUT2D eigenvalue weighted by Crippen LogP contribution is 2.30. The summed E-state index contributed by atoms with van der Waals surface area (Å²) in [6.45, 7) is 5.33. The molecule has 0 spiro atoms. The lowest BCUT2D eigenvalue weighted by Gasteiger charge is -2.30. The molecule has 3 unspecified atom stereocenters. The molecule has 1 aromatic carbocycles. The minimum absolute atomic E-state index is 0.122. The van der Waals surface area contributed by atoms with Gasteiger partial charge in [-0.15, -0.1) is 5.10 Å². The summed E-state index contributed by atoms with van der Waals surface area (Å²) >= 11 is 0. The quantitative estimate of drug-likeness (QED) is 0.491. The number of carboxylic acid groups (broad SMARTS) is 1. The molecule has 43 heavy (non-hydrogen) atoms. The van der Waals surface area contributed by atoms with Crippen LogP contribution < -0.4 is 5.32 Å². The Hall–Kier alpha value is -4.34. The highest BCUT2D eigenvalue weighted by molar-refractivity contribution is 6.05. The van der Waals surface area contributed by atoms with Crippen LogP contribution in [0.1, 0.15) is 65.4 Å². The van der Waals surface area contributed by atoms with E-state index in [0.717, 1.165) is 25.1 Å². The third-order valence-corrected chi connectivity index (χ3v) is 8.32. The van der Waals surface area contributed by atoms with E-state index in [-0.39, 0.29) is 35.9 Å². The molecule has 1 aromatic heterocycles. The standard InChI is InChI=1S/C25H29N7O4.C2HF3O2/c1-15-20(29-9-2-3-10-29)8-11-30(15)25(36)19-14-32(28-27-19)17-5-4-16-13-31(24(35)18(16)12-17)21-6-7-22(33)26-23(21)34;3-2(4,5)1(6)7/h4-5,12,14-15,20-21H,2-3,6-11,13H2,1H3,(H,26,33,34);(H,6,7). The number of alkyl halides is 3. The van der Waals surface area contributed by atoms with E-state index in [1.165, 1.54) is 22.4 Å². The number of hydrogen-bond acceptors (Lipinski definition) is 8. The van der Waals surface area contributed by atoms with Crippen LogP contribution in [-0.2, 0) is 20.9 Å². The SMILES string of the molecule is CC1C(N2CCCC2)CCN1C(=O)c1cn(-c2ccc3c(c2)C(=O)N(C2CCC(=O)NC2=O)C3)nn1.O=C(O)C(F)(F)F. The van der Waals surface area contributed by atoms with Gasteiger partial charge in [-0.3, -0.25) is 29.4 Å². The lowest BCUT2D eigenvalue weighted by Crippen LogP contribution is -2.52. The highest BCUT2D eigenvalue weighted by Gasteiger charge is 2.41.